The Balaban J connectivity index is 1.69. The molecule has 0 unspecified atom stereocenters. The summed E-state index contributed by atoms with van der Waals surface area (Å²) >= 11 is 5.86. The zero-order valence-corrected chi connectivity index (χ0v) is 11.5. The van der Waals surface area contributed by atoms with Gasteiger partial charge in [0.15, 0.2) is 11.5 Å². The van der Waals surface area contributed by atoms with E-state index >= 15 is 0 Å². The molecule has 21 heavy (non-hydrogen) atoms. The lowest BCUT2D eigenvalue weighted by Gasteiger charge is -1.97. The van der Waals surface area contributed by atoms with Crippen LogP contribution in [-0.2, 0) is 0 Å². The van der Waals surface area contributed by atoms with Crippen molar-refractivity contribution in [3.63, 3.8) is 0 Å². The summed E-state index contributed by atoms with van der Waals surface area (Å²) in [6.45, 7) is 0.235. The number of nitrogens with zero attached hydrogens (tertiary/aromatic N) is 2. The van der Waals surface area contributed by atoms with E-state index in [1.165, 1.54) is 0 Å². The molecular formula is C15H9ClN2O3. The highest BCUT2D eigenvalue weighted by Crippen LogP contribution is 2.35. The lowest BCUT2D eigenvalue weighted by Crippen LogP contribution is -1.92. The predicted molar refractivity (Wildman–Crippen MR) is 76.3 cm³/mol. The van der Waals surface area contributed by atoms with Gasteiger partial charge in [0.05, 0.1) is 0 Å². The van der Waals surface area contributed by atoms with Crippen molar-refractivity contribution in [3.8, 4) is 34.3 Å². The molecule has 0 radical (unpaired) electrons. The molecular weight excluding hydrogens is 292 g/mol. The highest BCUT2D eigenvalue weighted by Gasteiger charge is 2.17. The Kier molecular flexibility index (Phi) is 2.79. The van der Waals surface area contributed by atoms with Gasteiger partial charge in [-0.05, 0) is 42.5 Å². The van der Waals surface area contributed by atoms with Crippen LogP contribution in [0.25, 0.3) is 22.8 Å². The standard InChI is InChI=1S/C15H9ClN2O3/c16-11-4-1-9(2-5-11)14-17-15(21-18-14)10-3-6-12-13(7-10)20-8-19-12/h1-7H,8H2. The van der Waals surface area contributed by atoms with E-state index in [9.17, 15) is 0 Å². The van der Waals surface area contributed by atoms with E-state index in [1.54, 1.807) is 12.1 Å². The molecule has 104 valence electrons. The van der Waals surface area contributed by atoms with Crippen LogP contribution in [0.3, 0.4) is 0 Å². The minimum atomic E-state index is 0.235. The van der Waals surface area contributed by atoms with Crippen molar-refractivity contribution in [1.29, 1.82) is 0 Å². The smallest absolute Gasteiger partial charge is 0.258 e. The topological polar surface area (TPSA) is 57.4 Å². The SMILES string of the molecule is Clc1ccc(-c2noc(-c3ccc4c(c3)OCO4)n2)cc1. The van der Waals surface area contributed by atoms with Crippen molar-refractivity contribution < 1.29 is 14.0 Å². The lowest BCUT2D eigenvalue weighted by molar-refractivity contribution is 0.174. The van der Waals surface area contributed by atoms with E-state index < -0.39 is 0 Å². The van der Waals surface area contributed by atoms with E-state index in [-0.39, 0.29) is 6.79 Å². The van der Waals surface area contributed by atoms with Crippen LogP contribution in [0, 0.1) is 0 Å². The number of aromatic nitrogens is 2. The average Bonchev–Trinajstić information content (AvgIpc) is 3.16. The van der Waals surface area contributed by atoms with Crippen LogP contribution >= 0.6 is 11.6 Å². The fourth-order valence-electron chi connectivity index (χ4n) is 2.09. The summed E-state index contributed by atoms with van der Waals surface area (Å²) in [6.07, 6.45) is 0. The molecule has 0 spiro atoms. The van der Waals surface area contributed by atoms with E-state index in [2.05, 4.69) is 10.1 Å². The third kappa shape index (κ3) is 2.21. The Labute approximate surface area is 125 Å². The third-order valence-corrected chi connectivity index (χ3v) is 3.40. The number of halogens is 1. The molecule has 4 rings (SSSR count). The van der Waals surface area contributed by atoms with Crippen molar-refractivity contribution in [2.45, 2.75) is 0 Å². The first-order valence-electron chi connectivity index (χ1n) is 6.29. The highest BCUT2D eigenvalue weighted by molar-refractivity contribution is 6.30. The third-order valence-electron chi connectivity index (χ3n) is 3.15. The first kappa shape index (κ1) is 12.2. The van der Waals surface area contributed by atoms with Crippen molar-refractivity contribution >= 4 is 11.6 Å². The summed E-state index contributed by atoms with van der Waals surface area (Å²) < 4.78 is 15.9. The van der Waals surface area contributed by atoms with E-state index in [4.69, 9.17) is 25.6 Å². The van der Waals surface area contributed by atoms with Gasteiger partial charge < -0.3 is 14.0 Å². The molecule has 6 heteroatoms. The Morgan fingerprint density at radius 3 is 2.52 bits per heavy atom. The maximum atomic E-state index is 5.86. The Morgan fingerprint density at radius 1 is 0.905 bits per heavy atom. The van der Waals surface area contributed by atoms with Crippen LogP contribution in [0.5, 0.6) is 11.5 Å². The summed E-state index contributed by atoms with van der Waals surface area (Å²) in [5.41, 5.74) is 1.63. The van der Waals surface area contributed by atoms with Gasteiger partial charge in [0, 0.05) is 16.1 Å². The minimum absolute atomic E-state index is 0.235. The van der Waals surface area contributed by atoms with Crippen molar-refractivity contribution in [2.75, 3.05) is 6.79 Å². The molecule has 2 heterocycles. The molecule has 0 atom stereocenters. The molecule has 3 aromatic rings. The number of fused-ring (bicyclic) bond motifs is 1. The van der Waals surface area contributed by atoms with Gasteiger partial charge in [-0.25, -0.2) is 0 Å². The second-order valence-electron chi connectivity index (χ2n) is 4.50. The second-order valence-corrected chi connectivity index (χ2v) is 4.93. The van der Waals surface area contributed by atoms with Gasteiger partial charge in [-0.1, -0.05) is 16.8 Å². The fourth-order valence-corrected chi connectivity index (χ4v) is 2.21. The summed E-state index contributed by atoms with van der Waals surface area (Å²) in [7, 11) is 0. The van der Waals surface area contributed by atoms with Gasteiger partial charge in [-0.15, -0.1) is 0 Å². The molecule has 0 bridgehead atoms. The Bertz CT molecular complexity index is 799. The van der Waals surface area contributed by atoms with Crippen LogP contribution in [-0.4, -0.2) is 16.9 Å². The molecule has 1 aliphatic heterocycles. The zero-order chi connectivity index (χ0) is 14.2. The molecule has 0 aliphatic carbocycles. The first-order valence-corrected chi connectivity index (χ1v) is 6.67. The molecule has 5 nitrogen and oxygen atoms in total. The largest absolute Gasteiger partial charge is 0.454 e. The van der Waals surface area contributed by atoms with Crippen molar-refractivity contribution in [2.24, 2.45) is 0 Å². The predicted octanol–water partition coefficient (Wildman–Crippen LogP) is 3.79. The van der Waals surface area contributed by atoms with E-state index in [1.807, 2.05) is 30.3 Å². The number of ether oxygens (including phenoxy) is 2. The number of hydrogen-bond acceptors (Lipinski definition) is 5. The fraction of sp³-hybridized carbons (Fsp3) is 0.0667. The highest BCUT2D eigenvalue weighted by atomic mass is 35.5. The molecule has 0 fully saturated rings. The summed E-state index contributed by atoms with van der Waals surface area (Å²) in [5.74, 6) is 2.34. The number of hydrogen-bond donors (Lipinski definition) is 0. The summed E-state index contributed by atoms with van der Waals surface area (Å²) in [6, 6.07) is 12.8. The van der Waals surface area contributed by atoms with E-state index in [0.717, 1.165) is 16.9 Å². The van der Waals surface area contributed by atoms with Gasteiger partial charge in [0.25, 0.3) is 5.89 Å². The molecule has 1 aromatic heterocycles. The van der Waals surface area contributed by atoms with Crippen LogP contribution < -0.4 is 9.47 Å². The van der Waals surface area contributed by atoms with Crippen LogP contribution in [0.4, 0.5) is 0 Å². The number of rotatable bonds is 2. The Morgan fingerprint density at radius 2 is 1.67 bits per heavy atom. The molecule has 0 N–H and O–H groups in total. The maximum Gasteiger partial charge on any atom is 0.258 e. The van der Waals surface area contributed by atoms with E-state index in [0.29, 0.717) is 22.5 Å². The van der Waals surface area contributed by atoms with Gasteiger partial charge in [0.2, 0.25) is 12.6 Å². The van der Waals surface area contributed by atoms with Gasteiger partial charge in [-0.2, -0.15) is 4.98 Å². The van der Waals surface area contributed by atoms with Crippen molar-refractivity contribution in [1.82, 2.24) is 10.1 Å². The summed E-state index contributed by atoms with van der Waals surface area (Å²) in [5, 5.41) is 4.65. The van der Waals surface area contributed by atoms with Gasteiger partial charge >= 0.3 is 0 Å². The quantitative estimate of drug-likeness (QED) is 0.720. The normalized spacial score (nSPS) is 12.6. The monoisotopic (exact) mass is 300 g/mol. The number of benzene rings is 2. The zero-order valence-electron chi connectivity index (χ0n) is 10.7. The maximum absolute atomic E-state index is 5.86. The molecule has 0 amide bonds. The van der Waals surface area contributed by atoms with Crippen LogP contribution in [0.15, 0.2) is 47.0 Å². The Hall–Kier alpha value is -2.53. The minimum Gasteiger partial charge on any atom is -0.454 e. The second kappa shape index (κ2) is 4.79. The average molecular weight is 301 g/mol. The van der Waals surface area contributed by atoms with Crippen LogP contribution in [0.1, 0.15) is 0 Å². The molecule has 2 aromatic carbocycles. The molecule has 0 saturated carbocycles. The lowest BCUT2D eigenvalue weighted by atomic mass is 10.2. The molecule has 1 aliphatic rings. The first-order chi connectivity index (χ1) is 10.3. The molecule has 0 saturated heterocycles. The van der Waals surface area contributed by atoms with Gasteiger partial charge in [-0.3, -0.25) is 0 Å². The van der Waals surface area contributed by atoms with Crippen molar-refractivity contribution in [3.05, 3.63) is 47.5 Å². The summed E-state index contributed by atoms with van der Waals surface area (Å²) in [4.78, 5) is 4.39. The van der Waals surface area contributed by atoms with Gasteiger partial charge in [0.1, 0.15) is 0 Å². The van der Waals surface area contributed by atoms with Crippen LogP contribution in [0.2, 0.25) is 5.02 Å².